The van der Waals surface area contributed by atoms with Crippen molar-refractivity contribution in [3.63, 3.8) is 0 Å². The molecule has 0 saturated carbocycles. The zero-order valence-corrected chi connectivity index (χ0v) is 9.23. The first-order chi connectivity index (χ1) is 8.16. The second-order valence-corrected chi connectivity index (χ2v) is 3.56. The van der Waals surface area contributed by atoms with E-state index in [4.69, 9.17) is 0 Å². The molecule has 2 rings (SSSR count). The van der Waals surface area contributed by atoms with Gasteiger partial charge in [0.25, 0.3) is 5.91 Å². The van der Waals surface area contributed by atoms with Crippen LogP contribution in [0, 0.1) is 0 Å². The van der Waals surface area contributed by atoms with Crippen molar-refractivity contribution < 1.29 is 9.59 Å². The number of aromatic amines is 1. The minimum Gasteiger partial charge on any atom is -0.341 e. The molecule has 5 heteroatoms. The number of carbonyl (C=O) groups excluding carboxylic acids is 2. The lowest BCUT2D eigenvalue weighted by molar-refractivity contribution is 0.100. The average Bonchev–Trinajstić information content (AvgIpc) is 2.82. The second-order valence-electron chi connectivity index (χ2n) is 3.56. The van der Waals surface area contributed by atoms with Crippen LogP contribution in [0.15, 0.2) is 36.8 Å². The molecule has 0 saturated heterocycles. The van der Waals surface area contributed by atoms with E-state index in [1.54, 1.807) is 24.3 Å². The molecule has 1 aromatic carbocycles. The standard InChI is InChI=1S/C12H11N3O2/c1-8(16)9-3-2-4-10(5-9)15-12(17)11-6-13-7-14-11/h2-7H,1H3,(H,13,14)(H,15,17). The third-order valence-electron chi connectivity index (χ3n) is 2.27. The number of ketones is 1. The third kappa shape index (κ3) is 2.57. The van der Waals surface area contributed by atoms with E-state index in [2.05, 4.69) is 15.3 Å². The van der Waals surface area contributed by atoms with Gasteiger partial charge in [0.2, 0.25) is 0 Å². The Hall–Kier alpha value is -2.43. The van der Waals surface area contributed by atoms with Crippen LogP contribution in [0.5, 0.6) is 0 Å². The first kappa shape index (κ1) is 11.1. The summed E-state index contributed by atoms with van der Waals surface area (Å²) in [5.74, 6) is -0.328. The fraction of sp³-hybridized carbons (Fsp3) is 0.0833. The van der Waals surface area contributed by atoms with Gasteiger partial charge >= 0.3 is 0 Å². The van der Waals surface area contributed by atoms with E-state index >= 15 is 0 Å². The van der Waals surface area contributed by atoms with Crippen LogP contribution in [0.1, 0.15) is 27.8 Å². The van der Waals surface area contributed by atoms with Gasteiger partial charge in [0.05, 0.1) is 12.5 Å². The smallest absolute Gasteiger partial charge is 0.273 e. The van der Waals surface area contributed by atoms with Crippen molar-refractivity contribution in [3.05, 3.63) is 48.0 Å². The molecule has 0 radical (unpaired) electrons. The van der Waals surface area contributed by atoms with Crippen molar-refractivity contribution in [3.8, 4) is 0 Å². The molecular weight excluding hydrogens is 218 g/mol. The van der Waals surface area contributed by atoms with Crippen molar-refractivity contribution in [2.75, 3.05) is 5.32 Å². The van der Waals surface area contributed by atoms with E-state index in [0.717, 1.165) is 0 Å². The summed E-state index contributed by atoms with van der Waals surface area (Å²) in [5, 5.41) is 2.68. The van der Waals surface area contributed by atoms with E-state index < -0.39 is 0 Å². The Balaban J connectivity index is 2.16. The molecule has 86 valence electrons. The molecule has 1 heterocycles. The van der Waals surface area contributed by atoms with Crippen LogP contribution >= 0.6 is 0 Å². The quantitative estimate of drug-likeness (QED) is 0.789. The highest BCUT2D eigenvalue weighted by Crippen LogP contribution is 2.12. The van der Waals surface area contributed by atoms with Crippen LogP contribution < -0.4 is 5.32 Å². The van der Waals surface area contributed by atoms with Crippen LogP contribution in [-0.4, -0.2) is 21.7 Å². The van der Waals surface area contributed by atoms with E-state index in [-0.39, 0.29) is 11.7 Å². The van der Waals surface area contributed by atoms with Crippen molar-refractivity contribution in [1.29, 1.82) is 0 Å². The van der Waals surface area contributed by atoms with Gasteiger partial charge in [0, 0.05) is 11.3 Å². The summed E-state index contributed by atoms with van der Waals surface area (Å²) in [5.41, 5.74) is 1.52. The Morgan fingerprint density at radius 3 is 2.82 bits per heavy atom. The summed E-state index contributed by atoms with van der Waals surface area (Å²) < 4.78 is 0. The minimum atomic E-state index is -0.289. The predicted molar refractivity (Wildman–Crippen MR) is 63.0 cm³/mol. The molecule has 0 fully saturated rings. The highest BCUT2D eigenvalue weighted by molar-refractivity contribution is 6.03. The largest absolute Gasteiger partial charge is 0.341 e. The number of aromatic nitrogens is 2. The van der Waals surface area contributed by atoms with Crippen LogP contribution in [0.3, 0.4) is 0 Å². The number of hydrogen-bond donors (Lipinski definition) is 2. The van der Waals surface area contributed by atoms with Gasteiger partial charge in [-0.3, -0.25) is 9.59 Å². The summed E-state index contributed by atoms with van der Waals surface area (Å²) in [6.07, 6.45) is 2.87. The number of imidazole rings is 1. The third-order valence-corrected chi connectivity index (χ3v) is 2.27. The first-order valence-corrected chi connectivity index (χ1v) is 5.07. The van der Waals surface area contributed by atoms with Crippen LogP contribution in [-0.2, 0) is 0 Å². The van der Waals surface area contributed by atoms with E-state index in [9.17, 15) is 9.59 Å². The molecule has 1 aromatic heterocycles. The van der Waals surface area contributed by atoms with Crippen molar-refractivity contribution in [2.45, 2.75) is 6.92 Å². The summed E-state index contributed by atoms with van der Waals surface area (Å²) >= 11 is 0. The maximum Gasteiger partial charge on any atom is 0.273 e. The lowest BCUT2D eigenvalue weighted by atomic mass is 10.1. The highest BCUT2D eigenvalue weighted by Gasteiger charge is 2.07. The van der Waals surface area contributed by atoms with Crippen LogP contribution in [0.25, 0.3) is 0 Å². The molecule has 0 spiro atoms. The molecule has 0 bridgehead atoms. The second kappa shape index (κ2) is 4.61. The van der Waals surface area contributed by atoms with Crippen LogP contribution in [0.4, 0.5) is 5.69 Å². The molecule has 0 aliphatic carbocycles. The number of carbonyl (C=O) groups is 2. The minimum absolute atomic E-state index is 0.0392. The van der Waals surface area contributed by atoms with E-state index in [0.29, 0.717) is 16.9 Å². The SMILES string of the molecule is CC(=O)c1cccc(NC(=O)c2cnc[nH]2)c1. The average molecular weight is 229 g/mol. The van der Waals surface area contributed by atoms with E-state index in [1.807, 2.05) is 0 Å². The molecule has 0 aliphatic heterocycles. The monoisotopic (exact) mass is 229 g/mol. The predicted octanol–water partition coefficient (Wildman–Crippen LogP) is 1.86. The Morgan fingerprint density at radius 2 is 2.18 bits per heavy atom. The maximum absolute atomic E-state index is 11.7. The first-order valence-electron chi connectivity index (χ1n) is 5.07. The lowest BCUT2D eigenvalue weighted by Gasteiger charge is -2.04. The highest BCUT2D eigenvalue weighted by atomic mass is 16.2. The summed E-state index contributed by atoms with van der Waals surface area (Å²) in [7, 11) is 0. The number of H-pyrrole nitrogens is 1. The van der Waals surface area contributed by atoms with Gasteiger partial charge in [-0.2, -0.15) is 0 Å². The zero-order valence-electron chi connectivity index (χ0n) is 9.23. The van der Waals surface area contributed by atoms with E-state index in [1.165, 1.54) is 19.4 Å². The number of rotatable bonds is 3. The molecular formula is C12H11N3O2. The van der Waals surface area contributed by atoms with Gasteiger partial charge in [-0.25, -0.2) is 4.98 Å². The Kier molecular flexibility index (Phi) is 3.00. The summed E-state index contributed by atoms with van der Waals surface area (Å²) in [4.78, 5) is 29.3. The zero-order chi connectivity index (χ0) is 12.3. The fourth-order valence-electron chi connectivity index (χ4n) is 1.39. The normalized spacial score (nSPS) is 9.94. The topological polar surface area (TPSA) is 74.8 Å². The Morgan fingerprint density at radius 1 is 1.35 bits per heavy atom. The van der Waals surface area contributed by atoms with Crippen molar-refractivity contribution in [2.24, 2.45) is 0 Å². The molecule has 0 atom stereocenters. The number of nitrogens with one attached hydrogen (secondary N) is 2. The molecule has 5 nitrogen and oxygen atoms in total. The molecule has 17 heavy (non-hydrogen) atoms. The molecule has 2 N–H and O–H groups in total. The van der Waals surface area contributed by atoms with Gasteiger partial charge in [-0.05, 0) is 19.1 Å². The van der Waals surface area contributed by atoms with Gasteiger partial charge in [0.15, 0.2) is 5.78 Å². The number of amides is 1. The number of anilines is 1. The van der Waals surface area contributed by atoms with Gasteiger partial charge in [-0.1, -0.05) is 12.1 Å². The summed E-state index contributed by atoms with van der Waals surface area (Å²) in [6.45, 7) is 1.48. The lowest BCUT2D eigenvalue weighted by Crippen LogP contribution is -2.12. The van der Waals surface area contributed by atoms with Gasteiger partial charge in [-0.15, -0.1) is 0 Å². The van der Waals surface area contributed by atoms with Crippen molar-refractivity contribution in [1.82, 2.24) is 9.97 Å². The number of Topliss-reactive ketones (excluding diaryl/α,β-unsaturated/α-hetero) is 1. The van der Waals surface area contributed by atoms with Crippen molar-refractivity contribution >= 4 is 17.4 Å². The molecule has 0 aliphatic rings. The molecule has 1 amide bonds. The van der Waals surface area contributed by atoms with Gasteiger partial charge in [0.1, 0.15) is 5.69 Å². The molecule has 2 aromatic rings. The maximum atomic E-state index is 11.7. The number of benzene rings is 1. The Bertz CT molecular complexity index is 547. The number of hydrogen-bond acceptors (Lipinski definition) is 3. The fourth-order valence-corrected chi connectivity index (χ4v) is 1.39. The number of nitrogens with zero attached hydrogens (tertiary/aromatic N) is 1. The van der Waals surface area contributed by atoms with Gasteiger partial charge < -0.3 is 10.3 Å². The van der Waals surface area contributed by atoms with Crippen LogP contribution in [0.2, 0.25) is 0 Å². The summed E-state index contributed by atoms with van der Waals surface area (Å²) in [6, 6.07) is 6.78. The Labute approximate surface area is 97.9 Å². The molecule has 0 unspecified atom stereocenters.